The van der Waals surface area contributed by atoms with Gasteiger partial charge in [0, 0.05) is 12.2 Å². The largest absolute Gasteiger partial charge is 0.338 e. The number of amides is 2. The molecule has 2 N–H and O–H groups in total. The number of rotatable bonds is 4. The van der Waals surface area contributed by atoms with E-state index in [4.69, 9.17) is 0 Å². The molecule has 0 unspecified atom stereocenters. The lowest BCUT2D eigenvalue weighted by Crippen LogP contribution is -2.30. The summed E-state index contributed by atoms with van der Waals surface area (Å²) < 4.78 is 0. The van der Waals surface area contributed by atoms with Crippen molar-refractivity contribution in [3.8, 4) is 0 Å². The average molecular weight is 281 g/mol. The molecule has 0 spiro atoms. The van der Waals surface area contributed by atoms with Gasteiger partial charge in [-0.3, -0.25) is 4.98 Å². The maximum atomic E-state index is 11.9. The van der Waals surface area contributed by atoms with Crippen LogP contribution in [-0.4, -0.2) is 17.6 Å². The standard InChI is InChI=1S/C17H19N3O/c21-17(18-10-9-13-5-2-1-3-6-13)20-15-11-14-7-4-8-16(14)19-12-15/h1-3,5-6,11-12H,4,7-10H2,(H2,18,20,21). The van der Waals surface area contributed by atoms with Crippen molar-refractivity contribution in [1.82, 2.24) is 10.3 Å². The third-order valence-corrected chi connectivity index (χ3v) is 3.72. The van der Waals surface area contributed by atoms with Gasteiger partial charge in [0.2, 0.25) is 0 Å². The summed E-state index contributed by atoms with van der Waals surface area (Å²) in [6.45, 7) is 0.619. The number of carbonyl (C=O) groups is 1. The second-order valence-electron chi connectivity index (χ2n) is 5.30. The molecule has 108 valence electrons. The van der Waals surface area contributed by atoms with Gasteiger partial charge in [-0.25, -0.2) is 4.79 Å². The monoisotopic (exact) mass is 281 g/mol. The lowest BCUT2D eigenvalue weighted by molar-refractivity contribution is 0.252. The van der Waals surface area contributed by atoms with E-state index < -0.39 is 0 Å². The number of aryl methyl sites for hydroxylation is 2. The van der Waals surface area contributed by atoms with Crippen LogP contribution in [-0.2, 0) is 19.3 Å². The highest BCUT2D eigenvalue weighted by atomic mass is 16.2. The van der Waals surface area contributed by atoms with Crippen molar-refractivity contribution in [3.63, 3.8) is 0 Å². The third-order valence-electron chi connectivity index (χ3n) is 3.72. The van der Waals surface area contributed by atoms with Crippen molar-refractivity contribution in [2.24, 2.45) is 0 Å². The third kappa shape index (κ3) is 3.60. The van der Waals surface area contributed by atoms with E-state index in [1.807, 2.05) is 24.3 Å². The number of carbonyl (C=O) groups excluding carboxylic acids is 1. The molecule has 1 aliphatic rings. The van der Waals surface area contributed by atoms with E-state index >= 15 is 0 Å². The van der Waals surface area contributed by atoms with Crippen LogP contribution < -0.4 is 10.6 Å². The topological polar surface area (TPSA) is 54.0 Å². The predicted octanol–water partition coefficient (Wildman–Crippen LogP) is 2.93. The van der Waals surface area contributed by atoms with Crippen LogP contribution in [0.25, 0.3) is 0 Å². The Bertz CT molecular complexity index is 625. The minimum absolute atomic E-state index is 0.175. The van der Waals surface area contributed by atoms with Gasteiger partial charge in [0.05, 0.1) is 11.9 Å². The quantitative estimate of drug-likeness (QED) is 0.905. The number of fused-ring (bicyclic) bond motifs is 1. The zero-order chi connectivity index (χ0) is 14.5. The van der Waals surface area contributed by atoms with Gasteiger partial charge in [-0.15, -0.1) is 0 Å². The predicted molar refractivity (Wildman–Crippen MR) is 83.4 cm³/mol. The minimum Gasteiger partial charge on any atom is -0.338 e. The fourth-order valence-corrected chi connectivity index (χ4v) is 2.64. The summed E-state index contributed by atoms with van der Waals surface area (Å²) in [4.78, 5) is 16.3. The molecule has 0 aliphatic heterocycles. The fourth-order valence-electron chi connectivity index (χ4n) is 2.64. The molecule has 0 saturated heterocycles. The molecular weight excluding hydrogens is 262 g/mol. The summed E-state index contributed by atoms with van der Waals surface area (Å²) in [5.41, 5.74) is 4.42. The Hall–Kier alpha value is -2.36. The summed E-state index contributed by atoms with van der Waals surface area (Å²) in [5.74, 6) is 0. The number of nitrogens with one attached hydrogen (secondary N) is 2. The SMILES string of the molecule is O=C(NCCc1ccccc1)Nc1cnc2c(c1)CCC2. The Morgan fingerprint density at radius 3 is 2.90 bits per heavy atom. The zero-order valence-electron chi connectivity index (χ0n) is 11.9. The number of pyridine rings is 1. The van der Waals surface area contributed by atoms with Crippen molar-refractivity contribution >= 4 is 11.7 Å². The van der Waals surface area contributed by atoms with E-state index in [0.717, 1.165) is 31.4 Å². The van der Waals surface area contributed by atoms with E-state index in [0.29, 0.717) is 6.54 Å². The molecule has 0 fully saturated rings. The maximum Gasteiger partial charge on any atom is 0.319 e. The fraction of sp³-hybridized carbons (Fsp3) is 0.294. The molecule has 2 aromatic rings. The molecule has 1 aromatic carbocycles. The highest BCUT2D eigenvalue weighted by molar-refractivity contribution is 5.89. The average Bonchev–Trinajstić information content (AvgIpc) is 2.96. The number of anilines is 1. The van der Waals surface area contributed by atoms with Gasteiger partial charge in [-0.1, -0.05) is 30.3 Å². The first-order valence-electron chi connectivity index (χ1n) is 7.38. The Labute approximate surface area is 124 Å². The lowest BCUT2D eigenvalue weighted by atomic mass is 10.1. The summed E-state index contributed by atoms with van der Waals surface area (Å²) in [6.07, 6.45) is 5.85. The highest BCUT2D eigenvalue weighted by Gasteiger charge is 2.13. The van der Waals surface area contributed by atoms with Crippen LogP contribution in [0, 0.1) is 0 Å². The molecule has 1 aliphatic carbocycles. The van der Waals surface area contributed by atoms with E-state index in [2.05, 4.69) is 27.8 Å². The molecule has 4 heteroatoms. The molecule has 3 rings (SSSR count). The highest BCUT2D eigenvalue weighted by Crippen LogP contribution is 2.22. The second kappa shape index (κ2) is 6.39. The smallest absolute Gasteiger partial charge is 0.319 e. The number of hydrogen-bond acceptors (Lipinski definition) is 2. The van der Waals surface area contributed by atoms with Gasteiger partial charge >= 0.3 is 6.03 Å². The molecule has 2 amide bonds. The van der Waals surface area contributed by atoms with Crippen LogP contribution in [0.2, 0.25) is 0 Å². The summed E-state index contributed by atoms with van der Waals surface area (Å²) in [6, 6.07) is 12.0. The Morgan fingerprint density at radius 1 is 1.19 bits per heavy atom. The first-order chi connectivity index (χ1) is 10.3. The van der Waals surface area contributed by atoms with Crippen molar-refractivity contribution in [2.75, 3.05) is 11.9 Å². The summed E-state index contributed by atoms with van der Waals surface area (Å²) in [7, 11) is 0. The number of urea groups is 1. The Kier molecular flexibility index (Phi) is 4.15. The first kappa shape index (κ1) is 13.6. The second-order valence-corrected chi connectivity index (χ2v) is 5.30. The van der Waals surface area contributed by atoms with Crippen molar-refractivity contribution < 1.29 is 4.79 Å². The molecule has 4 nitrogen and oxygen atoms in total. The van der Waals surface area contributed by atoms with E-state index in [-0.39, 0.29) is 6.03 Å². The van der Waals surface area contributed by atoms with Gasteiger partial charge in [-0.2, -0.15) is 0 Å². The number of aromatic nitrogens is 1. The molecule has 0 bridgehead atoms. The minimum atomic E-state index is -0.175. The summed E-state index contributed by atoms with van der Waals surface area (Å²) >= 11 is 0. The van der Waals surface area contributed by atoms with Gasteiger partial charge in [-0.05, 0) is 42.9 Å². The van der Waals surface area contributed by atoms with Crippen molar-refractivity contribution in [1.29, 1.82) is 0 Å². The van der Waals surface area contributed by atoms with Crippen LogP contribution in [0.4, 0.5) is 10.5 Å². The Morgan fingerprint density at radius 2 is 2.05 bits per heavy atom. The molecule has 1 heterocycles. The van der Waals surface area contributed by atoms with Gasteiger partial charge < -0.3 is 10.6 Å². The first-order valence-corrected chi connectivity index (χ1v) is 7.38. The van der Waals surface area contributed by atoms with Crippen molar-refractivity contribution in [2.45, 2.75) is 25.7 Å². The number of benzene rings is 1. The normalized spacial score (nSPS) is 12.8. The zero-order valence-corrected chi connectivity index (χ0v) is 11.9. The van der Waals surface area contributed by atoms with Gasteiger partial charge in [0.15, 0.2) is 0 Å². The molecule has 0 saturated carbocycles. The lowest BCUT2D eigenvalue weighted by Gasteiger charge is -2.08. The van der Waals surface area contributed by atoms with Crippen LogP contribution in [0.3, 0.4) is 0 Å². The van der Waals surface area contributed by atoms with Gasteiger partial charge in [0.1, 0.15) is 0 Å². The maximum absolute atomic E-state index is 11.9. The molecule has 0 radical (unpaired) electrons. The van der Waals surface area contributed by atoms with Crippen LogP contribution in [0.1, 0.15) is 23.2 Å². The summed E-state index contributed by atoms with van der Waals surface area (Å²) in [5, 5.41) is 5.71. The van der Waals surface area contributed by atoms with Crippen LogP contribution in [0.15, 0.2) is 42.6 Å². The molecule has 21 heavy (non-hydrogen) atoms. The number of hydrogen-bond donors (Lipinski definition) is 2. The van der Waals surface area contributed by atoms with Gasteiger partial charge in [0.25, 0.3) is 0 Å². The number of nitrogens with zero attached hydrogens (tertiary/aromatic N) is 1. The molecular formula is C17H19N3O. The molecule has 1 aromatic heterocycles. The molecule has 0 atom stereocenters. The van der Waals surface area contributed by atoms with E-state index in [1.54, 1.807) is 6.20 Å². The van der Waals surface area contributed by atoms with E-state index in [1.165, 1.54) is 16.8 Å². The van der Waals surface area contributed by atoms with Crippen LogP contribution in [0.5, 0.6) is 0 Å². The van der Waals surface area contributed by atoms with Crippen LogP contribution >= 0.6 is 0 Å². The van der Waals surface area contributed by atoms with E-state index in [9.17, 15) is 4.79 Å². The van der Waals surface area contributed by atoms with Crippen molar-refractivity contribution in [3.05, 3.63) is 59.4 Å². The Balaban J connectivity index is 1.48.